The minimum Gasteiger partial charge on any atom is -0.372 e. The molecule has 2 aromatic rings. The van der Waals surface area contributed by atoms with E-state index in [4.69, 9.17) is 0 Å². The van der Waals surface area contributed by atoms with Crippen molar-refractivity contribution in [3.63, 3.8) is 0 Å². The summed E-state index contributed by atoms with van der Waals surface area (Å²) in [5.74, 6) is -0.140. The van der Waals surface area contributed by atoms with Gasteiger partial charge in [0.1, 0.15) is 6.04 Å². The number of nitrogens with one attached hydrogen (secondary N) is 1. The number of benzene rings is 2. The first-order valence-corrected chi connectivity index (χ1v) is 9.58. The van der Waals surface area contributed by atoms with Crippen LogP contribution in [0.4, 0.5) is 17.1 Å². The molecule has 2 aromatic carbocycles. The molecule has 142 valence electrons. The normalized spacial score (nSPS) is 16.5. The van der Waals surface area contributed by atoms with Gasteiger partial charge in [-0.15, -0.1) is 0 Å². The number of carbonyl (C=O) groups is 2. The average molecular weight is 365 g/mol. The Morgan fingerprint density at radius 2 is 1.85 bits per heavy atom. The van der Waals surface area contributed by atoms with Crippen LogP contribution in [0, 0.1) is 6.92 Å². The summed E-state index contributed by atoms with van der Waals surface area (Å²) in [6.45, 7) is 8.14. The molecule has 0 spiro atoms. The molecule has 1 atom stereocenters. The van der Waals surface area contributed by atoms with Crippen molar-refractivity contribution < 1.29 is 9.59 Å². The Morgan fingerprint density at radius 1 is 1.15 bits per heavy atom. The Kier molecular flexibility index (Phi) is 5.79. The molecule has 1 unspecified atom stereocenters. The molecule has 0 aliphatic carbocycles. The predicted molar refractivity (Wildman–Crippen MR) is 110 cm³/mol. The zero-order chi connectivity index (χ0) is 19.4. The molecule has 1 heterocycles. The van der Waals surface area contributed by atoms with Gasteiger partial charge in [0, 0.05) is 36.6 Å². The van der Waals surface area contributed by atoms with E-state index in [1.807, 2.05) is 49.4 Å². The van der Waals surface area contributed by atoms with Crippen molar-refractivity contribution in [2.75, 3.05) is 28.2 Å². The Balaban J connectivity index is 1.78. The molecule has 1 N–H and O–H groups in total. The highest BCUT2D eigenvalue weighted by atomic mass is 16.2. The standard InChI is InChI=1S/C22H27N3O2/c1-4-24(5-2)18-11-12-19(16(3)15-18)23-22(27)20-13-14-21(26)25(20)17-9-7-6-8-10-17/h6-12,15,20H,4-5,13-14H2,1-3H3,(H,23,27). The van der Waals surface area contributed by atoms with E-state index < -0.39 is 6.04 Å². The molecule has 0 bridgehead atoms. The number of para-hydroxylation sites is 1. The van der Waals surface area contributed by atoms with Crippen LogP contribution < -0.4 is 15.1 Å². The van der Waals surface area contributed by atoms with E-state index in [0.29, 0.717) is 12.8 Å². The molecule has 3 rings (SSSR count). The van der Waals surface area contributed by atoms with Gasteiger partial charge >= 0.3 is 0 Å². The number of hydrogen-bond donors (Lipinski definition) is 1. The van der Waals surface area contributed by atoms with E-state index in [1.165, 1.54) is 0 Å². The zero-order valence-electron chi connectivity index (χ0n) is 16.2. The summed E-state index contributed by atoms with van der Waals surface area (Å²) in [5, 5.41) is 3.02. The van der Waals surface area contributed by atoms with Crippen molar-refractivity contribution in [3.05, 3.63) is 54.1 Å². The molecule has 1 saturated heterocycles. The van der Waals surface area contributed by atoms with Crippen molar-refractivity contribution in [3.8, 4) is 0 Å². The van der Waals surface area contributed by atoms with E-state index in [2.05, 4.69) is 30.1 Å². The lowest BCUT2D eigenvalue weighted by molar-refractivity contribution is -0.120. The van der Waals surface area contributed by atoms with Gasteiger partial charge in [0.05, 0.1) is 0 Å². The topological polar surface area (TPSA) is 52.7 Å². The molecule has 1 aliphatic rings. The van der Waals surface area contributed by atoms with E-state index in [0.717, 1.165) is 35.7 Å². The molecule has 1 fully saturated rings. The molecule has 5 nitrogen and oxygen atoms in total. The molecular formula is C22H27N3O2. The largest absolute Gasteiger partial charge is 0.372 e. The zero-order valence-corrected chi connectivity index (χ0v) is 16.2. The van der Waals surface area contributed by atoms with Crippen molar-refractivity contribution in [2.24, 2.45) is 0 Å². The van der Waals surface area contributed by atoms with Gasteiger partial charge in [-0.3, -0.25) is 14.5 Å². The van der Waals surface area contributed by atoms with Crippen molar-refractivity contribution >= 4 is 28.9 Å². The quantitative estimate of drug-likeness (QED) is 0.843. The predicted octanol–water partition coefficient (Wildman–Crippen LogP) is 3.98. The van der Waals surface area contributed by atoms with Gasteiger partial charge in [0.25, 0.3) is 0 Å². The Labute approximate surface area is 161 Å². The van der Waals surface area contributed by atoms with Crippen LogP contribution in [0.2, 0.25) is 0 Å². The third-order valence-corrected chi connectivity index (χ3v) is 5.15. The van der Waals surface area contributed by atoms with Crippen molar-refractivity contribution in [2.45, 2.75) is 39.7 Å². The number of hydrogen-bond acceptors (Lipinski definition) is 3. The number of rotatable bonds is 6. The number of amides is 2. The minimum absolute atomic E-state index is 0.00467. The van der Waals surface area contributed by atoms with E-state index in [9.17, 15) is 9.59 Å². The highest BCUT2D eigenvalue weighted by Crippen LogP contribution is 2.28. The first-order chi connectivity index (χ1) is 13.0. The summed E-state index contributed by atoms with van der Waals surface area (Å²) in [4.78, 5) is 29.1. The van der Waals surface area contributed by atoms with Gasteiger partial charge in [-0.05, 0) is 63.1 Å². The molecule has 2 amide bonds. The highest BCUT2D eigenvalue weighted by Gasteiger charge is 2.37. The molecule has 0 saturated carbocycles. The second-order valence-electron chi connectivity index (χ2n) is 6.81. The first-order valence-electron chi connectivity index (χ1n) is 9.58. The van der Waals surface area contributed by atoms with Crippen LogP contribution in [0.25, 0.3) is 0 Å². The summed E-state index contributed by atoms with van der Waals surface area (Å²) in [6, 6.07) is 15.0. The van der Waals surface area contributed by atoms with Gasteiger partial charge in [0.2, 0.25) is 11.8 Å². The minimum atomic E-state index is -0.471. The fourth-order valence-corrected chi connectivity index (χ4v) is 3.63. The second kappa shape index (κ2) is 8.25. The second-order valence-corrected chi connectivity index (χ2v) is 6.81. The van der Waals surface area contributed by atoms with Gasteiger partial charge in [-0.25, -0.2) is 0 Å². The van der Waals surface area contributed by atoms with E-state index in [-0.39, 0.29) is 11.8 Å². The highest BCUT2D eigenvalue weighted by molar-refractivity contribution is 6.07. The van der Waals surface area contributed by atoms with Gasteiger partial charge in [-0.1, -0.05) is 18.2 Å². The van der Waals surface area contributed by atoms with Crippen LogP contribution in [0.3, 0.4) is 0 Å². The third kappa shape index (κ3) is 3.97. The first kappa shape index (κ1) is 19.0. The van der Waals surface area contributed by atoms with Crippen LogP contribution in [0.15, 0.2) is 48.5 Å². The average Bonchev–Trinajstić information content (AvgIpc) is 3.07. The summed E-state index contributed by atoms with van der Waals surface area (Å²) in [6.07, 6.45) is 0.934. The maximum absolute atomic E-state index is 12.9. The lowest BCUT2D eigenvalue weighted by atomic mass is 10.1. The maximum atomic E-state index is 12.9. The summed E-state index contributed by atoms with van der Waals surface area (Å²) in [7, 11) is 0. The van der Waals surface area contributed by atoms with Crippen LogP contribution in [-0.4, -0.2) is 30.9 Å². The molecule has 27 heavy (non-hydrogen) atoms. The Hall–Kier alpha value is -2.82. The summed E-state index contributed by atoms with van der Waals surface area (Å²) < 4.78 is 0. The lowest BCUT2D eigenvalue weighted by Gasteiger charge is -2.25. The van der Waals surface area contributed by atoms with E-state index in [1.54, 1.807) is 4.90 Å². The van der Waals surface area contributed by atoms with Crippen LogP contribution >= 0.6 is 0 Å². The number of carbonyl (C=O) groups excluding carboxylic acids is 2. The van der Waals surface area contributed by atoms with Crippen molar-refractivity contribution in [1.29, 1.82) is 0 Å². The van der Waals surface area contributed by atoms with Crippen LogP contribution in [0.1, 0.15) is 32.3 Å². The SMILES string of the molecule is CCN(CC)c1ccc(NC(=O)C2CCC(=O)N2c2ccccc2)c(C)c1. The summed E-state index contributed by atoms with van der Waals surface area (Å²) in [5.41, 5.74) is 3.73. The molecule has 1 aliphatic heterocycles. The summed E-state index contributed by atoms with van der Waals surface area (Å²) >= 11 is 0. The molecule has 5 heteroatoms. The lowest BCUT2D eigenvalue weighted by Crippen LogP contribution is -2.41. The molecular weight excluding hydrogens is 338 g/mol. The van der Waals surface area contributed by atoms with Crippen LogP contribution in [0.5, 0.6) is 0 Å². The fraction of sp³-hybridized carbons (Fsp3) is 0.364. The van der Waals surface area contributed by atoms with Crippen LogP contribution in [-0.2, 0) is 9.59 Å². The van der Waals surface area contributed by atoms with Crippen molar-refractivity contribution in [1.82, 2.24) is 0 Å². The van der Waals surface area contributed by atoms with E-state index >= 15 is 0 Å². The fourth-order valence-electron chi connectivity index (χ4n) is 3.63. The number of aryl methyl sites for hydroxylation is 1. The molecule has 0 aromatic heterocycles. The molecule has 0 radical (unpaired) electrons. The maximum Gasteiger partial charge on any atom is 0.247 e. The number of nitrogens with zero attached hydrogens (tertiary/aromatic N) is 2. The van der Waals surface area contributed by atoms with Gasteiger partial charge < -0.3 is 10.2 Å². The third-order valence-electron chi connectivity index (χ3n) is 5.15. The number of anilines is 3. The smallest absolute Gasteiger partial charge is 0.247 e. The van der Waals surface area contributed by atoms with Gasteiger partial charge in [-0.2, -0.15) is 0 Å². The van der Waals surface area contributed by atoms with Gasteiger partial charge in [0.15, 0.2) is 0 Å². The Bertz CT molecular complexity index is 816. The Morgan fingerprint density at radius 3 is 2.48 bits per heavy atom. The monoisotopic (exact) mass is 365 g/mol.